The molecule has 0 aromatic rings. The van der Waals surface area contributed by atoms with Gasteiger partial charge in [0, 0.05) is 6.42 Å². The highest BCUT2D eigenvalue weighted by Gasteiger charge is 1.83. The van der Waals surface area contributed by atoms with E-state index < -0.39 is 0 Å². The second-order valence-electron chi connectivity index (χ2n) is 1.97. The van der Waals surface area contributed by atoms with E-state index in [9.17, 15) is 0 Å². The van der Waals surface area contributed by atoms with E-state index >= 15 is 0 Å². The number of hydrogen-bond donors (Lipinski definition) is 0. The molecule has 0 bridgehead atoms. The monoisotopic (exact) mass is 147 g/mol. The van der Waals surface area contributed by atoms with Gasteiger partial charge in [0.2, 0.25) is 0 Å². The van der Waals surface area contributed by atoms with Crippen LogP contribution in [0.5, 0.6) is 0 Å². The van der Waals surface area contributed by atoms with Crippen LogP contribution in [0.15, 0.2) is 0 Å². The van der Waals surface area contributed by atoms with Crippen LogP contribution in [0.2, 0.25) is 0 Å². The number of hydrogen-bond acceptors (Lipinski definition) is 1. The Morgan fingerprint density at radius 1 is 1.22 bits per heavy atom. The molecule has 0 unspecified atom stereocenters. The lowest BCUT2D eigenvalue weighted by atomic mass is 10.2. The zero-order valence-electron chi connectivity index (χ0n) is 5.89. The Hall–Kier alpha value is -0.220. The maximum absolute atomic E-state index is 8.12. The Balaban J connectivity index is 0. The summed E-state index contributed by atoms with van der Waals surface area (Å²) in [6.45, 7) is 2.17. The summed E-state index contributed by atoms with van der Waals surface area (Å²) in [5, 5.41) is 8.12. The van der Waals surface area contributed by atoms with Crippen molar-refractivity contribution in [3.05, 3.63) is 0 Å². The maximum atomic E-state index is 8.12. The minimum atomic E-state index is 0. The fraction of sp³-hybridized carbons (Fsp3) is 0.857. The van der Waals surface area contributed by atoms with E-state index in [1.54, 1.807) is 0 Å². The van der Waals surface area contributed by atoms with Gasteiger partial charge in [-0.1, -0.05) is 26.2 Å². The van der Waals surface area contributed by atoms with Gasteiger partial charge in [-0.3, -0.25) is 0 Å². The van der Waals surface area contributed by atoms with E-state index in [1.807, 2.05) is 0 Å². The molecule has 0 saturated carbocycles. The minimum Gasteiger partial charge on any atom is -0.198 e. The largest absolute Gasteiger partial charge is 0.198 e. The SMILES string of the molecule is CCCCCCC#N.Cl. The summed E-state index contributed by atoms with van der Waals surface area (Å²) in [5.41, 5.74) is 0. The number of nitrogens with zero attached hydrogens (tertiary/aromatic N) is 1. The molecule has 2 heteroatoms. The number of unbranched alkanes of at least 4 members (excludes halogenated alkanes) is 4. The summed E-state index contributed by atoms with van der Waals surface area (Å²) in [5.74, 6) is 0. The highest BCUT2D eigenvalue weighted by atomic mass is 35.5. The molecular weight excluding hydrogens is 134 g/mol. The van der Waals surface area contributed by atoms with Gasteiger partial charge in [-0.2, -0.15) is 5.26 Å². The zero-order chi connectivity index (χ0) is 6.24. The molecule has 0 aromatic heterocycles. The summed E-state index contributed by atoms with van der Waals surface area (Å²) >= 11 is 0. The van der Waals surface area contributed by atoms with Gasteiger partial charge in [0.1, 0.15) is 0 Å². The summed E-state index contributed by atoms with van der Waals surface area (Å²) in [6, 6.07) is 2.13. The van der Waals surface area contributed by atoms with Crippen LogP contribution in [0.4, 0.5) is 0 Å². The third kappa shape index (κ3) is 11.4. The van der Waals surface area contributed by atoms with E-state index in [0.717, 1.165) is 12.8 Å². The van der Waals surface area contributed by atoms with Crippen molar-refractivity contribution in [2.24, 2.45) is 0 Å². The van der Waals surface area contributed by atoms with Crippen molar-refractivity contribution in [3.63, 3.8) is 0 Å². The summed E-state index contributed by atoms with van der Waals surface area (Å²) in [4.78, 5) is 0. The van der Waals surface area contributed by atoms with Gasteiger partial charge < -0.3 is 0 Å². The summed E-state index contributed by atoms with van der Waals surface area (Å²) in [6.07, 6.45) is 5.58. The molecule has 0 aromatic carbocycles. The van der Waals surface area contributed by atoms with Crippen LogP contribution in [-0.2, 0) is 0 Å². The third-order valence-electron chi connectivity index (χ3n) is 1.14. The number of rotatable bonds is 4. The van der Waals surface area contributed by atoms with Crippen LogP contribution >= 0.6 is 12.4 Å². The smallest absolute Gasteiger partial charge is 0.0621 e. The summed E-state index contributed by atoms with van der Waals surface area (Å²) in [7, 11) is 0. The zero-order valence-corrected chi connectivity index (χ0v) is 6.71. The van der Waals surface area contributed by atoms with Crippen molar-refractivity contribution in [2.75, 3.05) is 0 Å². The van der Waals surface area contributed by atoms with Gasteiger partial charge in [0.15, 0.2) is 0 Å². The molecule has 1 nitrogen and oxygen atoms in total. The van der Waals surface area contributed by atoms with Crippen molar-refractivity contribution in [2.45, 2.75) is 39.0 Å². The first-order valence-electron chi connectivity index (χ1n) is 3.28. The highest BCUT2D eigenvalue weighted by Crippen LogP contribution is 2.00. The molecule has 0 aliphatic rings. The quantitative estimate of drug-likeness (QED) is 0.561. The van der Waals surface area contributed by atoms with Crippen molar-refractivity contribution in [1.29, 1.82) is 5.26 Å². The van der Waals surface area contributed by atoms with Crippen LogP contribution in [-0.4, -0.2) is 0 Å². The molecule has 0 heterocycles. The second-order valence-corrected chi connectivity index (χ2v) is 1.97. The van der Waals surface area contributed by atoms with E-state index in [-0.39, 0.29) is 12.4 Å². The lowest BCUT2D eigenvalue weighted by Crippen LogP contribution is -1.72. The average Bonchev–Trinajstić information content (AvgIpc) is 1.81. The van der Waals surface area contributed by atoms with Gasteiger partial charge in [0.25, 0.3) is 0 Å². The van der Waals surface area contributed by atoms with Crippen molar-refractivity contribution in [3.8, 4) is 6.07 Å². The van der Waals surface area contributed by atoms with Crippen molar-refractivity contribution < 1.29 is 0 Å². The Morgan fingerprint density at radius 3 is 2.33 bits per heavy atom. The molecule has 9 heavy (non-hydrogen) atoms. The van der Waals surface area contributed by atoms with E-state index in [1.165, 1.54) is 19.3 Å². The predicted octanol–water partition coefficient (Wildman–Crippen LogP) is 2.90. The van der Waals surface area contributed by atoms with E-state index in [2.05, 4.69) is 13.0 Å². The van der Waals surface area contributed by atoms with Gasteiger partial charge in [-0.05, 0) is 6.42 Å². The molecule has 0 amide bonds. The number of nitriles is 1. The molecule has 0 saturated heterocycles. The van der Waals surface area contributed by atoms with E-state index in [4.69, 9.17) is 5.26 Å². The average molecular weight is 148 g/mol. The molecule has 0 aliphatic heterocycles. The maximum Gasteiger partial charge on any atom is 0.0621 e. The number of halogens is 1. The first kappa shape index (κ1) is 11.6. The van der Waals surface area contributed by atoms with Crippen LogP contribution in [0, 0.1) is 11.3 Å². The van der Waals surface area contributed by atoms with Crippen LogP contribution in [0.1, 0.15) is 39.0 Å². The molecule has 54 valence electrons. The van der Waals surface area contributed by atoms with Gasteiger partial charge in [0.05, 0.1) is 6.07 Å². The second kappa shape index (κ2) is 10.7. The fourth-order valence-electron chi connectivity index (χ4n) is 0.631. The Bertz CT molecular complexity index is 75.5. The van der Waals surface area contributed by atoms with Crippen LogP contribution in [0.3, 0.4) is 0 Å². The van der Waals surface area contributed by atoms with Crippen molar-refractivity contribution >= 4 is 12.4 Å². The molecule has 0 atom stereocenters. The first-order valence-corrected chi connectivity index (χ1v) is 3.28. The van der Waals surface area contributed by atoms with Gasteiger partial charge in [-0.15, -0.1) is 12.4 Å². The molecule has 0 rings (SSSR count). The summed E-state index contributed by atoms with van der Waals surface area (Å²) < 4.78 is 0. The Labute approximate surface area is 63.5 Å². The molecular formula is C7H14ClN. The van der Waals surface area contributed by atoms with Crippen molar-refractivity contribution in [1.82, 2.24) is 0 Å². The standard InChI is InChI=1S/C7H13N.ClH/c1-2-3-4-5-6-7-8;/h2-6H2,1H3;1H. The Kier molecular flexibility index (Phi) is 13.8. The van der Waals surface area contributed by atoms with Crippen LogP contribution in [0.25, 0.3) is 0 Å². The molecule has 0 N–H and O–H groups in total. The van der Waals surface area contributed by atoms with Crippen LogP contribution < -0.4 is 0 Å². The highest BCUT2D eigenvalue weighted by molar-refractivity contribution is 5.85. The first-order chi connectivity index (χ1) is 3.91. The van der Waals surface area contributed by atoms with E-state index in [0.29, 0.717) is 0 Å². The lowest BCUT2D eigenvalue weighted by molar-refractivity contribution is 0.678. The molecule has 0 aliphatic carbocycles. The van der Waals surface area contributed by atoms with Gasteiger partial charge >= 0.3 is 0 Å². The lowest BCUT2D eigenvalue weighted by Gasteiger charge is -1.89. The Morgan fingerprint density at radius 2 is 1.89 bits per heavy atom. The topological polar surface area (TPSA) is 23.8 Å². The fourth-order valence-corrected chi connectivity index (χ4v) is 0.631. The molecule has 0 radical (unpaired) electrons. The molecule has 0 spiro atoms. The predicted molar refractivity (Wildman–Crippen MR) is 41.6 cm³/mol. The normalized spacial score (nSPS) is 7.56. The molecule has 0 fully saturated rings. The minimum absolute atomic E-state index is 0. The third-order valence-corrected chi connectivity index (χ3v) is 1.14. The van der Waals surface area contributed by atoms with Gasteiger partial charge in [-0.25, -0.2) is 0 Å².